The Morgan fingerprint density at radius 1 is 1.28 bits per heavy atom. The van der Waals surface area contributed by atoms with Gasteiger partial charge in [-0.3, -0.25) is 4.79 Å². The zero-order valence-corrected chi connectivity index (χ0v) is 18.5. The van der Waals surface area contributed by atoms with Gasteiger partial charge in [-0.1, -0.05) is 25.1 Å². The van der Waals surface area contributed by atoms with Gasteiger partial charge in [-0.05, 0) is 71.3 Å². The van der Waals surface area contributed by atoms with E-state index >= 15 is 0 Å². The Morgan fingerprint density at radius 2 is 2.03 bits per heavy atom. The molecule has 2 aromatic rings. The first-order valence-electron chi connectivity index (χ1n) is 9.09. The third kappa shape index (κ3) is 4.84. The summed E-state index contributed by atoms with van der Waals surface area (Å²) in [6, 6.07) is 11.1. The molecule has 0 fully saturated rings. The van der Waals surface area contributed by atoms with Gasteiger partial charge < -0.3 is 14.2 Å². The molecule has 0 radical (unpaired) electrons. The van der Waals surface area contributed by atoms with Crippen LogP contribution in [0.5, 0.6) is 11.5 Å². The molecule has 0 unspecified atom stereocenters. The second kappa shape index (κ2) is 9.21. The minimum Gasteiger partial charge on any atom is -0.493 e. The number of nitrogens with zero attached hydrogens (tertiary/aromatic N) is 1. The average molecular weight is 505 g/mol. The van der Waals surface area contributed by atoms with E-state index in [-0.39, 0.29) is 17.6 Å². The molecule has 7 heteroatoms. The van der Waals surface area contributed by atoms with Gasteiger partial charge in [0, 0.05) is 12.0 Å². The summed E-state index contributed by atoms with van der Waals surface area (Å²) < 4.78 is 16.8. The SMILES string of the molecule is CCCC(=O)Oc1c(I)cc(/C=C2\N=C(c3ccccc3C)OC2=O)cc1OC. The summed E-state index contributed by atoms with van der Waals surface area (Å²) in [5, 5.41) is 0. The van der Waals surface area contributed by atoms with E-state index in [4.69, 9.17) is 14.2 Å². The molecule has 0 amide bonds. The van der Waals surface area contributed by atoms with Gasteiger partial charge in [-0.25, -0.2) is 9.79 Å². The van der Waals surface area contributed by atoms with Crippen LogP contribution in [0, 0.1) is 10.5 Å². The zero-order valence-electron chi connectivity index (χ0n) is 16.3. The Balaban J connectivity index is 1.94. The number of carbonyl (C=O) groups is 2. The number of hydrogen-bond acceptors (Lipinski definition) is 6. The predicted octanol–water partition coefficient (Wildman–Crippen LogP) is 4.66. The molecule has 6 nitrogen and oxygen atoms in total. The van der Waals surface area contributed by atoms with E-state index in [1.165, 1.54) is 7.11 Å². The molecule has 29 heavy (non-hydrogen) atoms. The van der Waals surface area contributed by atoms with Crippen LogP contribution in [0.15, 0.2) is 47.1 Å². The van der Waals surface area contributed by atoms with Crippen molar-refractivity contribution in [1.29, 1.82) is 0 Å². The highest BCUT2D eigenvalue weighted by Crippen LogP contribution is 2.35. The molecule has 1 aliphatic rings. The maximum absolute atomic E-state index is 12.3. The number of rotatable bonds is 6. The molecule has 2 aromatic carbocycles. The highest BCUT2D eigenvalue weighted by atomic mass is 127. The number of esters is 2. The fraction of sp³-hybridized carbons (Fsp3) is 0.227. The predicted molar refractivity (Wildman–Crippen MR) is 118 cm³/mol. The van der Waals surface area contributed by atoms with Crippen LogP contribution in [0.25, 0.3) is 6.08 Å². The second-order valence-electron chi connectivity index (χ2n) is 6.41. The van der Waals surface area contributed by atoms with Gasteiger partial charge in [-0.2, -0.15) is 0 Å². The van der Waals surface area contributed by atoms with E-state index in [9.17, 15) is 9.59 Å². The molecule has 0 N–H and O–H groups in total. The van der Waals surface area contributed by atoms with Crippen molar-refractivity contribution >= 4 is 46.5 Å². The fourth-order valence-electron chi connectivity index (χ4n) is 2.79. The number of carbonyl (C=O) groups excluding carboxylic acids is 2. The Kier molecular flexibility index (Phi) is 6.68. The summed E-state index contributed by atoms with van der Waals surface area (Å²) in [7, 11) is 1.50. The number of methoxy groups -OCH3 is 1. The second-order valence-corrected chi connectivity index (χ2v) is 7.57. The van der Waals surface area contributed by atoms with E-state index in [0.29, 0.717) is 33.5 Å². The van der Waals surface area contributed by atoms with Crippen molar-refractivity contribution in [3.63, 3.8) is 0 Å². The summed E-state index contributed by atoms with van der Waals surface area (Å²) in [5.41, 5.74) is 2.62. The summed E-state index contributed by atoms with van der Waals surface area (Å²) in [6.45, 7) is 3.84. The Bertz CT molecular complexity index is 1030. The van der Waals surface area contributed by atoms with E-state index < -0.39 is 5.97 Å². The molecule has 0 aromatic heterocycles. The lowest BCUT2D eigenvalue weighted by Crippen LogP contribution is -2.09. The van der Waals surface area contributed by atoms with Crippen molar-refractivity contribution in [2.75, 3.05) is 7.11 Å². The number of ether oxygens (including phenoxy) is 3. The highest BCUT2D eigenvalue weighted by molar-refractivity contribution is 14.1. The molecule has 0 spiro atoms. The molecule has 0 aliphatic carbocycles. The number of aliphatic imine (C=N–C) groups is 1. The smallest absolute Gasteiger partial charge is 0.363 e. The summed E-state index contributed by atoms with van der Waals surface area (Å²) in [4.78, 5) is 28.5. The third-order valence-electron chi connectivity index (χ3n) is 4.22. The van der Waals surface area contributed by atoms with Crippen LogP contribution in [0.3, 0.4) is 0 Å². The number of benzene rings is 2. The Labute approximate surface area is 182 Å². The van der Waals surface area contributed by atoms with Crippen LogP contribution in [0.1, 0.15) is 36.5 Å². The van der Waals surface area contributed by atoms with Gasteiger partial charge in [-0.15, -0.1) is 0 Å². The molecule has 3 rings (SSSR count). The number of hydrogen-bond donors (Lipinski definition) is 0. The molecular formula is C22H20INO5. The van der Waals surface area contributed by atoms with Gasteiger partial charge in [0.15, 0.2) is 17.2 Å². The van der Waals surface area contributed by atoms with Crippen molar-refractivity contribution in [2.24, 2.45) is 4.99 Å². The van der Waals surface area contributed by atoms with Gasteiger partial charge in [0.1, 0.15) is 0 Å². The van der Waals surface area contributed by atoms with Crippen LogP contribution in [-0.2, 0) is 14.3 Å². The number of cyclic esters (lactones) is 1. The maximum Gasteiger partial charge on any atom is 0.363 e. The molecule has 1 aliphatic heterocycles. The zero-order chi connectivity index (χ0) is 21.0. The minimum absolute atomic E-state index is 0.192. The first kappa shape index (κ1) is 21.0. The quantitative estimate of drug-likeness (QED) is 0.247. The van der Waals surface area contributed by atoms with E-state index in [2.05, 4.69) is 27.6 Å². The summed E-state index contributed by atoms with van der Waals surface area (Å²) in [6.07, 6.45) is 2.65. The van der Waals surface area contributed by atoms with E-state index in [1.807, 2.05) is 38.1 Å². The molecule has 0 saturated carbocycles. The minimum atomic E-state index is -0.518. The number of aryl methyl sites for hydroxylation is 1. The largest absolute Gasteiger partial charge is 0.493 e. The first-order chi connectivity index (χ1) is 13.9. The normalized spacial score (nSPS) is 14.6. The molecule has 0 bridgehead atoms. The lowest BCUT2D eigenvalue weighted by Gasteiger charge is -2.12. The molecular weight excluding hydrogens is 485 g/mol. The highest BCUT2D eigenvalue weighted by Gasteiger charge is 2.25. The molecule has 0 atom stereocenters. The number of halogens is 1. The standard InChI is InChI=1S/C22H20INO5/c1-4-7-19(25)28-20-16(23)10-14(12-18(20)27-3)11-17-22(26)29-21(24-17)15-9-6-5-8-13(15)2/h5-6,8-12H,4,7H2,1-3H3/b17-11-. The van der Waals surface area contributed by atoms with Crippen LogP contribution in [0.2, 0.25) is 0 Å². The van der Waals surface area contributed by atoms with E-state index in [1.54, 1.807) is 18.2 Å². The maximum atomic E-state index is 12.3. The topological polar surface area (TPSA) is 74.2 Å². The van der Waals surface area contributed by atoms with Crippen molar-refractivity contribution in [3.05, 3.63) is 62.4 Å². The monoisotopic (exact) mass is 505 g/mol. The van der Waals surface area contributed by atoms with Gasteiger partial charge in [0.05, 0.1) is 10.7 Å². The Morgan fingerprint density at radius 3 is 2.72 bits per heavy atom. The first-order valence-corrected chi connectivity index (χ1v) is 10.2. The van der Waals surface area contributed by atoms with Gasteiger partial charge >= 0.3 is 11.9 Å². The van der Waals surface area contributed by atoms with Crippen molar-refractivity contribution in [3.8, 4) is 11.5 Å². The van der Waals surface area contributed by atoms with Crippen molar-refractivity contribution in [2.45, 2.75) is 26.7 Å². The lowest BCUT2D eigenvalue weighted by molar-refractivity contribution is -0.134. The lowest BCUT2D eigenvalue weighted by atomic mass is 10.1. The third-order valence-corrected chi connectivity index (χ3v) is 5.02. The molecule has 1 heterocycles. The fourth-order valence-corrected chi connectivity index (χ4v) is 3.52. The van der Waals surface area contributed by atoms with E-state index in [0.717, 1.165) is 11.1 Å². The van der Waals surface area contributed by atoms with Crippen LogP contribution < -0.4 is 9.47 Å². The molecule has 0 saturated heterocycles. The van der Waals surface area contributed by atoms with Crippen LogP contribution in [-0.4, -0.2) is 24.9 Å². The van der Waals surface area contributed by atoms with Gasteiger partial charge in [0.25, 0.3) is 0 Å². The van der Waals surface area contributed by atoms with Crippen LogP contribution in [0.4, 0.5) is 0 Å². The van der Waals surface area contributed by atoms with Crippen molar-refractivity contribution < 1.29 is 23.8 Å². The van der Waals surface area contributed by atoms with Crippen LogP contribution >= 0.6 is 22.6 Å². The Hall–Kier alpha value is -2.68. The summed E-state index contributed by atoms with van der Waals surface area (Å²) >= 11 is 2.07. The summed E-state index contributed by atoms with van der Waals surface area (Å²) in [5.74, 6) is 0.220. The average Bonchev–Trinajstić information content (AvgIpc) is 3.04. The van der Waals surface area contributed by atoms with Gasteiger partial charge in [0.2, 0.25) is 5.90 Å². The van der Waals surface area contributed by atoms with Crippen molar-refractivity contribution in [1.82, 2.24) is 0 Å². The molecule has 150 valence electrons.